The number of aliphatic hydroxyl groups is 3. The number of aliphatic hydroxyl groups excluding tert-OH is 3. The van der Waals surface area contributed by atoms with Gasteiger partial charge in [0.2, 0.25) is 0 Å². The van der Waals surface area contributed by atoms with Crippen LogP contribution in [0.25, 0.3) is 0 Å². The monoisotopic (exact) mass is 156 g/mol. The van der Waals surface area contributed by atoms with Crippen molar-refractivity contribution >= 4 is 0 Å². The fourth-order valence-electron chi connectivity index (χ4n) is 2.17. The minimum atomic E-state index is -0.646. The Balaban J connectivity index is 2.23. The lowest BCUT2D eigenvalue weighted by Gasteiger charge is -2.21. The molecule has 0 amide bonds. The van der Waals surface area contributed by atoms with E-state index in [1.54, 1.807) is 0 Å². The van der Waals surface area contributed by atoms with Crippen molar-refractivity contribution < 1.29 is 15.3 Å². The summed E-state index contributed by atoms with van der Waals surface area (Å²) in [6, 6.07) is 0. The van der Waals surface area contributed by atoms with Gasteiger partial charge in [-0.15, -0.1) is 0 Å². The summed E-state index contributed by atoms with van der Waals surface area (Å²) < 4.78 is 0. The standard InChI is InChI=1S/C8H12O3/c9-3-5-1-4-2-6(5)8(11)7(4)10/h1,4,6-11H,2-3H2. The lowest BCUT2D eigenvalue weighted by Crippen LogP contribution is -2.32. The lowest BCUT2D eigenvalue weighted by molar-refractivity contribution is 0.00893. The Morgan fingerprint density at radius 2 is 2.09 bits per heavy atom. The molecule has 0 aliphatic heterocycles. The second-order valence-corrected chi connectivity index (χ2v) is 3.39. The molecule has 0 heterocycles. The van der Waals surface area contributed by atoms with Crippen molar-refractivity contribution in [1.82, 2.24) is 0 Å². The van der Waals surface area contributed by atoms with Crippen LogP contribution in [0, 0.1) is 11.8 Å². The van der Waals surface area contributed by atoms with Crippen molar-refractivity contribution in [1.29, 1.82) is 0 Å². The third kappa shape index (κ3) is 0.851. The number of hydrogen-bond acceptors (Lipinski definition) is 3. The van der Waals surface area contributed by atoms with E-state index in [0.29, 0.717) is 0 Å². The van der Waals surface area contributed by atoms with Gasteiger partial charge in [0.1, 0.15) is 0 Å². The number of fused-ring (bicyclic) bond motifs is 2. The number of rotatable bonds is 1. The molecule has 1 saturated carbocycles. The highest BCUT2D eigenvalue weighted by atomic mass is 16.3. The third-order valence-corrected chi connectivity index (χ3v) is 2.81. The predicted octanol–water partition coefficient (Wildman–Crippen LogP) is -0.723. The molecule has 11 heavy (non-hydrogen) atoms. The van der Waals surface area contributed by atoms with E-state index in [1.807, 2.05) is 6.08 Å². The van der Waals surface area contributed by atoms with Crippen molar-refractivity contribution in [2.75, 3.05) is 6.61 Å². The Kier molecular flexibility index (Phi) is 1.52. The van der Waals surface area contributed by atoms with Crippen LogP contribution in [0.2, 0.25) is 0 Å². The topological polar surface area (TPSA) is 60.7 Å². The summed E-state index contributed by atoms with van der Waals surface area (Å²) >= 11 is 0. The van der Waals surface area contributed by atoms with Gasteiger partial charge in [-0.1, -0.05) is 6.08 Å². The summed E-state index contributed by atoms with van der Waals surface area (Å²) in [6.07, 6.45) is 1.45. The first kappa shape index (κ1) is 7.28. The summed E-state index contributed by atoms with van der Waals surface area (Å²) in [6.45, 7) is 0.0188. The van der Waals surface area contributed by atoms with Crippen LogP contribution in [0.1, 0.15) is 6.42 Å². The minimum absolute atomic E-state index is 0.0139. The van der Waals surface area contributed by atoms with Crippen molar-refractivity contribution in [2.45, 2.75) is 18.6 Å². The molecule has 3 heteroatoms. The normalized spacial score (nSPS) is 48.1. The van der Waals surface area contributed by atoms with Crippen LogP contribution in [0.15, 0.2) is 11.6 Å². The van der Waals surface area contributed by atoms with Crippen LogP contribution >= 0.6 is 0 Å². The highest BCUT2D eigenvalue weighted by molar-refractivity contribution is 5.24. The first-order valence-corrected chi connectivity index (χ1v) is 3.91. The Morgan fingerprint density at radius 3 is 2.55 bits per heavy atom. The Morgan fingerprint density at radius 1 is 1.36 bits per heavy atom. The van der Waals surface area contributed by atoms with E-state index in [4.69, 9.17) is 5.11 Å². The van der Waals surface area contributed by atoms with Crippen molar-refractivity contribution in [3.8, 4) is 0 Å². The predicted molar refractivity (Wildman–Crippen MR) is 38.8 cm³/mol. The van der Waals surface area contributed by atoms with Crippen LogP contribution in [0.5, 0.6) is 0 Å². The molecular formula is C8H12O3. The van der Waals surface area contributed by atoms with Gasteiger partial charge in [-0.3, -0.25) is 0 Å². The first-order chi connectivity index (χ1) is 5.24. The molecule has 2 aliphatic carbocycles. The molecule has 0 saturated heterocycles. The zero-order chi connectivity index (χ0) is 8.01. The molecule has 2 bridgehead atoms. The highest BCUT2D eigenvalue weighted by Gasteiger charge is 2.46. The van der Waals surface area contributed by atoms with Crippen LogP contribution < -0.4 is 0 Å². The summed E-state index contributed by atoms with van der Waals surface area (Å²) in [5, 5.41) is 27.5. The second-order valence-electron chi connectivity index (χ2n) is 3.39. The Labute approximate surface area is 65.0 Å². The Bertz CT molecular complexity index is 200. The van der Waals surface area contributed by atoms with Gasteiger partial charge in [-0.25, -0.2) is 0 Å². The maximum absolute atomic E-state index is 9.39. The summed E-state index contributed by atoms with van der Waals surface area (Å²) in [5.74, 6) is 0.0946. The van der Waals surface area contributed by atoms with Crippen LogP contribution in [0.4, 0.5) is 0 Å². The van der Waals surface area contributed by atoms with Gasteiger partial charge in [0.15, 0.2) is 0 Å². The zero-order valence-corrected chi connectivity index (χ0v) is 6.14. The molecule has 3 nitrogen and oxygen atoms in total. The molecule has 0 aromatic rings. The van der Waals surface area contributed by atoms with Gasteiger partial charge in [0.25, 0.3) is 0 Å². The van der Waals surface area contributed by atoms with Crippen molar-refractivity contribution in [2.24, 2.45) is 11.8 Å². The molecule has 4 atom stereocenters. The molecule has 62 valence electrons. The van der Waals surface area contributed by atoms with E-state index in [-0.39, 0.29) is 18.4 Å². The van der Waals surface area contributed by atoms with Crippen LogP contribution in [0.3, 0.4) is 0 Å². The van der Waals surface area contributed by atoms with E-state index in [2.05, 4.69) is 0 Å². The average Bonchev–Trinajstić information content (AvgIpc) is 2.53. The fourth-order valence-corrected chi connectivity index (χ4v) is 2.17. The molecule has 4 unspecified atom stereocenters. The second kappa shape index (κ2) is 2.30. The molecule has 0 aromatic heterocycles. The van der Waals surface area contributed by atoms with Crippen LogP contribution in [-0.4, -0.2) is 34.1 Å². The average molecular weight is 156 g/mol. The minimum Gasteiger partial charge on any atom is -0.392 e. The molecule has 2 rings (SSSR count). The smallest absolute Gasteiger partial charge is 0.0871 e. The van der Waals surface area contributed by atoms with E-state index >= 15 is 0 Å². The Hall–Kier alpha value is -0.380. The molecule has 2 aliphatic rings. The molecular weight excluding hydrogens is 144 g/mol. The lowest BCUT2D eigenvalue weighted by atomic mass is 9.94. The number of hydrogen-bond donors (Lipinski definition) is 3. The summed E-state index contributed by atoms with van der Waals surface area (Å²) in [4.78, 5) is 0. The van der Waals surface area contributed by atoms with Gasteiger partial charge in [-0.2, -0.15) is 0 Å². The van der Waals surface area contributed by atoms with E-state index < -0.39 is 12.2 Å². The van der Waals surface area contributed by atoms with Crippen LogP contribution in [-0.2, 0) is 0 Å². The largest absolute Gasteiger partial charge is 0.392 e. The maximum Gasteiger partial charge on any atom is 0.0871 e. The van der Waals surface area contributed by atoms with E-state index in [9.17, 15) is 10.2 Å². The summed E-state index contributed by atoms with van der Waals surface area (Å²) in [5.41, 5.74) is 0.896. The molecule has 0 aromatic carbocycles. The van der Waals surface area contributed by atoms with Gasteiger partial charge in [0.05, 0.1) is 18.8 Å². The van der Waals surface area contributed by atoms with Crippen molar-refractivity contribution in [3.05, 3.63) is 11.6 Å². The molecule has 3 N–H and O–H groups in total. The molecule has 1 fully saturated rings. The molecule has 0 radical (unpaired) electrons. The van der Waals surface area contributed by atoms with E-state index in [0.717, 1.165) is 12.0 Å². The fraction of sp³-hybridized carbons (Fsp3) is 0.750. The van der Waals surface area contributed by atoms with Gasteiger partial charge in [0, 0.05) is 11.8 Å². The maximum atomic E-state index is 9.39. The van der Waals surface area contributed by atoms with Gasteiger partial charge < -0.3 is 15.3 Å². The zero-order valence-electron chi connectivity index (χ0n) is 6.14. The van der Waals surface area contributed by atoms with E-state index in [1.165, 1.54) is 0 Å². The highest BCUT2D eigenvalue weighted by Crippen LogP contribution is 2.43. The quantitative estimate of drug-likeness (QED) is 0.439. The first-order valence-electron chi connectivity index (χ1n) is 3.91. The summed E-state index contributed by atoms with van der Waals surface area (Å²) in [7, 11) is 0. The van der Waals surface area contributed by atoms with Crippen molar-refractivity contribution in [3.63, 3.8) is 0 Å². The SMILES string of the molecule is OCC1=CC2CC1C(O)C2O. The van der Waals surface area contributed by atoms with Gasteiger partial charge in [-0.05, 0) is 12.0 Å². The van der Waals surface area contributed by atoms with Gasteiger partial charge >= 0.3 is 0 Å². The molecule has 0 spiro atoms. The third-order valence-electron chi connectivity index (χ3n) is 2.81.